The molecular formula is C21H19ClN4O2S. The van der Waals surface area contributed by atoms with E-state index >= 15 is 0 Å². The number of nitrogens with one attached hydrogen (secondary N) is 1. The molecule has 0 saturated carbocycles. The fourth-order valence-electron chi connectivity index (χ4n) is 3.06. The predicted molar refractivity (Wildman–Crippen MR) is 113 cm³/mol. The predicted octanol–water partition coefficient (Wildman–Crippen LogP) is 3.92. The van der Waals surface area contributed by atoms with Crippen LogP contribution < -0.4 is 4.72 Å². The molecule has 1 N–H and O–H groups in total. The molecule has 4 aromatic rings. The SMILES string of the molecule is Cc1ccc(Cn2c(CNS(=O)(=O)c3cccc(Cl)c3)nc3cccnc32)cc1. The highest BCUT2D eigenvalue weighted by Crippen LogP contribution is 2.18. The van der Waals surface area contributed by atoms with Crippen LogP contribution in [0.3, 0.4) is 0 Å². The van der Waals surface area contributed by atoms with Crippen molar-refractivity contribution in [3.05, 3.63) is 88.8 Å². The molecule has 0 aliphatic rings. The zero-order valence-electron chi connectivity index (χ0n) is 15.7. The van der Waals surface area contributed by atoms with Crippen LogP contribution in [-0.4, -0.2) is 23.0 Å². The lowest BCUT2D eigenvalue weighted by atomic mass is 10.1. The lowest BCUT2D eigenvalue weighted by molar-refractivity contribution is 0.576. The van der Waals surface area contributed by atoms with Crippen LogP contribution in [0.4, 0.5) is 0 Å². The normalized spacial score (nSPS) is 11.8. The summed E-state index contributed by atoms with van der Waals surface area (Å²) in [7, 11) is -3.72. The standard InChI is InChI=1S/C21H19ClN4O2S/c1-15-7-9-16(10-8-15)14-26-20(25-19-6-3-11-23-21(19)26)13-24-29(27,28)18-5-2-4-17(22)12-18/h2-12,24H,13-14H2,1H3. The number of benzene rings is 2. The van der Waals surface area contributed by atoms with Crippen LogP contribution in [0.5, 0.6) is 0 Å². The summed E-state index contributed by atoms with van der Waals surface area (Å²) in [6, 6.07) is 18.0. The van der Waals surface area contributed by atoms with Gasteiger partial charge in [-0.1, -0.05) is 47.5 Å². The number of imidazole rings is 1. The van der Waals surface area contributed by atoms with Gasteiger partial charge in [-0.15, -0.1) is 0 Å². The van der Waals surface area contributed by atoms with Crippen LogP contribution in [0.1, 0.15) is 17.0 Å². The molecule has 0 unspecified atom stereocenters. The van der Waals surface area contributed by atoms with Gasteiger partial charge in [0, 0.05) is 11.2 Å². The summed E-state index contributed by atoms with van der Waals surface area (Å²) < 4.78 is 29.9. The number of sulfonamides is 1. The lowest BCUT2D eigenvalue weighted by Gasteiger charge is -2.11. The molecule has 0 bridgehead atoms. The van der Waals surface area contributed by atoms with E-state index in [1.807, 2.05) is 47.9 Å². The highest BCUT2D eigenvalue weighted by Gasteiger charge is 2.18. The maximum atomic E-state index is 12.7. The summed E-state index contributed by atoms with van der Waals surface area (Å²) in [5.41, 5.74) is 3.69. The summed E-state index contributed by atoms with van der Waals surface area (Å²) in [5, 5.41) is 0.365. The quantitative estimate of drug-likeness (QED) is 0.507. The Hall–Kier alpha value is -2.74. The Bertz CT molecular complexity index is 1270. The zero-order valence-corrected chi connectivity index (χ0v) is 17.3. The van der Waals surface area contributed by atoms with Crippen molar-refractivity contribution in [2.45, 2.75) is 24.9 Å². The van der Waals surface area contributed by atoms with Crippen LogP contribution in [0.25, 0.3) is 11.2 Å². The number of nitrogens with zero attached hydrogens (tertiary/aromatic N) is 3. The molecule has 0 amide bonds. The van der Waals surface area contributed by atoms with E-state index in [4.69, 9.17) is 11.6 Å². The third kappa shape index (κ3) is 4.32. The lowest BCUT2D eigenvalue weighted by Crippen LogP contribution is -2.25. The molecule has 0 radical (unpaired) electrons. The van der Waals surface area contributed by atoms with Gasteiger partial charge < -0.3 is 4.57 Å². The highest BCUT2D eigenvalue weighted by atomic mass is 35.5. The van der Waals surface area contributed by atoms with E-state index in [1.54, 1.807) is 18.3 Å². The minimum Gasteiger partial charge on any atom is -0.307 e. The Balaban J connectivity index is 1.65. The van der Waals surface area contributed by atoms with E-state index in [1.165, 1.54) is 17.7 Å². The molecule has 2 heterocycles. The van der Waals surface area contributed by atoms with Crippen molar-refractivity contribution in [1.29, 1.82) is 0 Å². The Morgan fingerprint density at radius 1 is 1.07 bits per heavy atom. The number of fused-ring (bicyclic) bond motifs is 1. The number of aromatic nitrogens is 3. The van der Waals surface area contributed by atoms with Crippen LogP contribution in [0, 0.1) is 6.92 Å². The Morgan fingerprint density at radius 2 is 1.86 bits per heavy atom. The number of halogens is 1. The molecule has 0 fully saturated rings. The summed E-state index contributed by atoms with van der Waals surface area (Å²) in [4.78, 5) is 9.14. The van der Waals surface area contributed by atoms with Gasteiger partial charge >= 0.3 is 0 Å². The van der Waals surface area contributed by atoms with Gasteiger partial charge in [-0.3, -0.25) is 0 Å². The summed E-state index contributed by atoms with van der Waals surface area (Å²) in [5.74, 6) is 0.588. The van der Waals surface area contributed by atoms with E-state index in [0.29, 0.717) is 23.0 Å². The first kappa shape index (κ1) is 19.6. The molecule has 0 saturated heterocycles. The Kier molecular flexibility index (Phi) is 5.36. The highest BCUT2D eigenvalue weighted by molar-refractivity contribution is 7.89. The molecule has 6 nitrogen and oxygen atoms in total. The first-order chi connectivity index (χ1) is 13.9. The van der Waals surface area contributed by atoms with Crippen molar-refractivity contribution in [2.24, 2.45) is 0 Å². The van der Waals surface area contributed by atoms with Gasteiger partial charge in [-0.2, -0.15) is 0 Å². The van der Waals surface area contributed by atoms with E-state index in [2.05, 4.69) is 14.7 Å². The van der Waals surface area contributed by atoms with Crippen molar-refractivity contribution in [3.8, 4) is 0 Å². The molecule has 2 aromatic carbocycles. The van der Waals surface area contributed by atoms with Crippen LogP contribution >= 0.6 is 11.6 Å². The van der Waals surface area contributed by atoms with Gasteiger partial charge in [0.05, 0.1) is 18.0 Å². The van der Waals surface area contributed by atoms with Crippen LogP contribution in [0.15, 0.2) is 71.8 Å². The molecule has 0 spiro atoms. The number of hydrogen-bond donors (Lipinski definition) is 1. The minimum absolute atomic E-state index is 0.0388. The first-order valence-electron chi connectivity index (χ1n) is 9.03. The third-order valence-electron chi connectivity index (χ3n) is 4.57. The summed E-state index contributed by atoms with van der Waals surface area (Å²) in [6.45, 7) is 2.62. The molecule has 29 heavy (non-hydrogen) atoms. The van der Waals surface area contributed by atoms with Crippen LogP contribution in [0.2, 0.25) is 5.02 Å². The maximum absolute atomic E-state index is 12.7. The van der Waals surface area contributed by atoms with Gasteiger partial charge in [0.1, 0.15) is 11.3 Å². The van der Waals surface area contributed by atoms with Gasteiger partial charge in [0.25, 0.3) is 0 Å². The summed E-state index contributed by atoms with van der Waals surface area (Å²) in [6.07, 6.45) is 1.70. The van der Waals surface area contributed by atoms with Crippen molar-refractivity contribution in [2.75, 3.05) is 0 Å². The topological polar surface area (TPSA) is 76.9 Å². The molecule has 0 aliphatic carbocycles. The van der Waals surface area contributed by atoms with Gasteiger partial charge in [-0.05, 0) is 42.8 Å². The number of aryl methyl sites for hydroxylation is 1. The zero-order chi connectivity index (χ0) is 20.4. The molecule has 148 valence electrons. The largest absolute Gasteiger partial charge is 0.307 e. The molecule has 8 heteroatoms. The Morgan fingerprint density at radius 3 is 2.62 bits per heavy atom. The van der Waals surface area contributed by atoms with E-state index in [-0.39, 0.29) is 11.4 Å². The third-order valence-corrected chi connectivity index (χ3v) is 6.20. The molecule has 0 aliphatic heterocycles. The van der Waals surface area contributed by atoms with Crippen molar-refractivity contribution in [1.82, 2.24) is 19.3 Å². The second-order valence-electron chi connectivity index (χ2n) is 6.73. The van der Waals surface area contributed by atoms with Gasteiger partial charge in [-0.25, -0.2) is 23.1 Å². The van der Waals surface area contributed by atoms with Crippen LogP contribution in [-0.2, 0) is 23.1 Å². The molecule has 0 atom stereocenters. The number of rotatable bonds is 6. The molecule has 2 aromatic heterocycles. The fraction of sp³-hybridized carbons (Fsp3) is 0.143. The second kappa shape index (κ2) is 7.94. The summed E-state index contributed by atoms with van der Waals surface area (Å²) >= 11 is 5.93. The van der Waals surface area contributed by atoms with Gasteiger partial charge in [0.15, 0.2) is 5.65 Å². The van der Waals surface area contributed by atoms with E-state index in [9.17, 15) is 8.42 Å². The molecular weight excluding hydrogens is 408 g/mol. The fourth-order valence-corrected chi connectivity index (χ4v) is 4.34. The van der Waals surface area contributed by atoms with E-state index in [0.717, 1.165) is 11.1 Å². The van der Waals surface area contributed by atoms with Crippen molar-refractivity contribution >= 4 is 32.8 Å². The second-order valence-corrected chi connectivity index (χ2v) is 8.93. The average Bonchev–Trinajstić information content (AvgIpc) is 3.06. The Labute approximate surface area is 174 Å². The molecule has 4 rings (SSSR count). The van der Waals surface area contributed by atoms with E-state index < -0.39 is 10.0 Å². The van der Waals surface area contributed by atoms with Crippen molar-refractivity contribution in [3.63, 3.8) is 0 Å². The number of hydrogen-bond acceptors (Lipinski definition) is 4. The van der Waals surface area contributed by atoms with Crippen molar-refractivity contribution < 1.29 is 8.42 Å². The first-order valence-corrected chi connectivity index (χ1v) is 10.9. The van der Waals surface area contributed by atoms with Gasteiger partial charge in [0.2, 0.25) is 10.0 Å². The minimum atomic E-state index is -3.72. The number of pyridine rings is 1. The smallest absolute Gasteiger partial charge is 0.241 e. The maximum Gasteiger partial charge on any atom is 0.241 e. The monoisotopic (exact) mass is 426 g/mol. The average molecular weight is 427 g/mol.